The van der Waals surface area contributed by atoms with Gasteiger partial charge in [0.05, 0.1) is 11.0 Å². The van der Waals surface area contributed by atoms with E-state index in [9.17, 15) is 15.2 Å². The second-order valence-electron chi connectivity index (χ2n) is 4.43. The number of nitro benzene ring substituents is 1. The molecule has 0 spiro atoms. The summed E-state index contributed by atoms with van der Waals surface area (Å²) in [7, 11) is 0. The number of hydrogen-bond acceptors (Lipinski definition) is 4. The van der Waals surface area contributed by atoms with Crippen LogP contribution in [0.15, 0.2) is 48.5 Å². The molecule has 2 aromatic rings. The molecular formula is C15H15NO4. The zero-order chi connectivity index (χ0) is 14.5. The molecule has 20 heavy (non-hydrogen) atoms. The first-order chi connectivity index (χ1) is 9.58. The Morgan fingerprint density at radius 2 is 1.95 bits per heavy atom. The maximum atomic E-state index is 10.7. The van der Waals surface area contributed by atoms with Gasteiger partial charge in [-0.25, -0.2) is 0 Å². The number of hydrogen-bond donors (Lipinski definition) is 1. The molecule has 1 N–H and O–H groups in total. The standard InChI is InChI=1S/C15H15NO4/c1-11(17)14-9-13(16(18)19)7-8-15(14)20-10-12-5-3-2-4-6-12/h2-9,11,17H,10H2,1H3/t11-/m1/s1. The molecule has 0 radical (unpaired) electrons. The highest BCUT2D eigenvalue weighted by Crippen LogP contribution is 2.29. The molecule has 0 aliphatic heterocycles. The number of ether oxygens (including phenoxy) is 1. The maximum absolute atomic E-state index is 10.7. The zero-order valence-electron chi connectivity index (χ0n) is 11.0. The topological polar surface area (TPSA) is 72.6 Å². The molecule has 0 aliphatic carbocycles. The number of nitro groups is 1. The van der Waals surface area contributed by atoms with Gasteiger partial charge in [0.2, 0.25) is 0 Å². The number of benzene rings is 2. The molecule has 0 fully saturated rings. The summed E-state index contributed by atoms with van der Waals surface area (Å²) in [6.07, 6.45) is -0.833. The molecule has 0 unspecified atom stereocenters. The lowest BCUT2D eigenvalue weighted by molar-refractivity contribution is -0.385. The van der Waals surface area contributed by atoms with Gasteiger partial charge in [0, 0.05) is 17.7 Å². The van der Waals surface area contributed by atoms with E-state index in [-0.39, 0.29) is 5.69 Å². The Labute approximate surface area is 116 Å². The van der Waals surface area contributed by atoms with Crippen LogP contribution in [0.1, 0.15) is 24.2 Å². The van der Waals surface area contributed by atoms with Crippen molar-refractivity contribution in [3.63, 3.8) is 0 Å². The summed E-state index contributed by atoms with van der Waals surface area (Å²) >= 11 is 0. The number of aliphatic hydroxyl groups is 1. The molecule has 104 valence electrons. The normalized spacial score (nSPS) is 11.9. The van der Waals surface area contributed by atoms with Crippen molar-refractivity contribution in [2.75, 3.05) is 0 Å². The number of nitrogens with zero attached hydrogens (tertiary/aromatic N) is 1. The third kappa shape index (κ3) is 3.33. The van der Waals surface area contributed by atoms with Gasteiger partial charge in [0.25, 0.3) is 5.69 Å². The molecule has 0 bridgehead atoms. The van der Waals surface area contributed by atoms with E-state index >= 15 is 0 Å². The fourth-order valence-corrected chi connectivity index (χ4v) is 1.84. The first-order valence-corrected chi connectivity index (χ1v) is 6.21. The second-order valence-corrected chi connectivity index (χ2v) is 4.43. The average molecular weight is 273 g/mol. The number of aliphatic hydroxyl groups excluding tert-OH is 1. The summed E-state index contributed by atoms with van der Waals surface area (Å²) in [6.45, 7) is 1.90. The van der Waals surface area contributed by atoms with Gasteiger partial charge in [-0.15, -0.1) is 0 Å². The minimum atomic E-state index is -0.833. The first-order valence-electron chi connectivity index (χ1n) is 6.21. The van der Waals surface area contributed by atoms with Crippen LogP contribution in [0.4, 0.5) is 5.69 Å². The van der Waals surface area contributed by atoms with Gasteiger partial charge in [-0.3, -0.25) is 10.1 Å². The van der Waals surface area contributed by atoms with Gasteiger partial charge in [-0.2, -0.15) is 0 Å². The van der Waals surface area contributed by atoms with E-state index in [0.717, 1.165) is 5.56 Å². The Balaban J connectivity index is 2.20. The van der Waals surface area contributed by atoms with E-state index < -0.39 is 11.0 Å². The van der Waals surface area contributed by atoms with Crippen molar-refractivity contribution in [3.05, 3.63) is 69.8 Å². The Bertz CT molecular complexity index is 596. The van der Waals surface area contributed by atoms with Crippen molar-refractivity contribution in [1.29, 1.82) is 0 Å². The van der Waals surface area contributed by atoms with Gasteiger partial charge < -0.3 is 9.84 Å². The van der Waals surface area contributed by atoms with E-state index in [1.807, 2.05) is 30.3 Å². The zero-order valence-corrected chi connectivity index (χ0v) is 11.0. The maximum Gasteiger partial charge on any atom is 0.270 e. The predicted octanol–water partition coefficient (Wildman–Crippen LogP) is 3.23. The van der Waals surface area contributed by atoms with Crippen LogP contribution in [0.5, 0.6) is 5.75 Å². The smallest absolute Gasteiger partial charge is 0.270 e. The molecule has 0 saturated carbocycles. The molecule has 1 atom stereocenters. The third-order valence-electron chi connectivity index (χ3n) is 2.89. The molecule has 5 heteroatoms. The van der Waals surface area contributed by atoms with Crippen LogP contribution < -0.4 is 4.74 Å². The van der Waals surface area contributed by atoms with Gasteiger partial charge in [0.15, 0.2) is 0 Å². The van der Waals surface area contributed by atoms with Crippen molar-refractivity contribution < 1.29 is 14.8 Å². The molecular weight excluding hydrogens is 258 g/mol. The first kappa shape index (κ1) is 14.0. The van der Waals surface area contributed by atoms with Crippen LogP contribution in [-0.4, -0.2) is 10.0 Å². The van der Waals surface area contributed by atoms with Gasteiger partial charge >= 0.3 is 0 Å². The second kappa shape index (κ2) is 6.16. The largest absolute Gasteiger partial charge is 0.489 e. The van der Waals surface area contributed by atoms with Crippen LogP contribution in [0.2, 0.25) is 0 Å². The molecule has 2 aromatic carbocycles. The molecule has 5 nitrogen and oxygen atoms in total. The molecule has 0 aromatic heterocycles. The Morgan fingerprint density at radius 1 is 1.25 bits per heavy atom. The SMILES string of the molecule is C[C@@H](O)c1cc([N+](=O)[O-])ccc1OCc1ccccc1. The lowest BCUT2D eigenvalue weighted by Crippen LogP contribution is -2.02. The van der Waals surface area contributed by atoms with Crippen LogP contribution in [0.25, 0.3) is 0 Å². The summed E-state index contributed by atoms with van der Waals surface area (Å²) in [5.74, 6) is 0.453. The van der Waals surface area contributed by atoms with Crippen molar-refractivity contribution in [3.8, 4) is 5.75 Å². The van der Waals surface area contributed by atoms with Crippen LogP contribution in [0.3, 0.4) is 0 Å². The summed E-state index contributed by atoms with van der Waals surface area (Å²) in [5.41, 5.74) is 1.34. The van der Waals surface area contributed by atoms with Crippen molar-refractivity contribution >= 4 is 5.69 Å². The lowest BCUT2D eigenvalue weighted by atomic mass is 10.1. The van der Waals surface area contributed by atoms with Crippen molar-refractivity contribution in [1.82, 2.24) is 0 Å². The summed E-state index contributed by atoms with van der Waals surface area (Å²) in [6, 6.07) is 13.8. The number of non-ortho nitro benzene ring substituents is 1. The van der Waals surface area contributed by atoms with E-state index in [4.69, 9.17) is 4.74 Å². The van der Waals surface area contributed by atoms with Crippen molar-refractivity contribution in [2.24, 2.45) is 0 Å². The molecule has 0 aliphatic rings. The van der Waals surface area contributed by atoms with E-state index in [2.05, 4.69) is 0 Å². The van der Waals surface area contributed by atoms with Crippen molar-refractivity contribution in [2.45, 2.75) is 19.6 Å². The van der Waals surface area contributed by atoms with Crippen LogP contribution in [0, 0.1) is 10.1 Å². The van der Waals surface area contributed by atoms with E-state index in [0.29, 0.717) is 17.9 Å². The van der Waals surface area contributed by atoms with E-state index in [1.165, 1.54) is 18.2 Å². The monoisotopic (exact) mass is 273 g/mol. The highest BCUT2D eigenvalue weighted by Gasteiger charge is 2.15. The highest BCUT2D eigenvalue weighted by molar-refractivity contribution is 5.44. The van der Waals surface area contributed by atoms with Crippen LogP contribution >= 0.6 is 0 Å². The van der Waals surface area contributed by atoms with Gasteiger partial charge in [-0.1, -0.05) is 30.3 Å². The quantitative estimate of drug-likeness (QED) is 0.670. The average Bonchev–Trinajstić information content (AvgIpc) is 2.45. The Morgan fingerprint density at radius 3 is 2.55 bits per heavy atom. The minimum Gasteiger partial charge on any atom is -0.489 e. The summed E-state index contributed by atoms with van der Waals surface area (Å²) in [4.78, 5) is 10.3. The number of rotatable bonds is 5. The fourth-order valence-electron chi connectivity index (χ4n) is 1.84. The van der Waals surface area contributed by atoms with E-state index in [1.54, 1.807) is 6.92 Å². The highest BCUT2D eigenvalue weighted by atomic mass is 16.6. The van der Waals surface area contributed by atoms with Crippen LogP contribution in [-0.2, 0) is 6.61 Å². The lowest BCUT2D eigenvalue weighted by Gasteiger charge is -2.13. The summed E-state index contributed by atoms with van der Waals surface area (Å²) in [5, 5.41) is 20.5. The van der Waals surface area contributed by atoms with Gasteiger partial charge in [0.1, 0.15) is 12.4 Å². The Kier molecular flexibility index (Phi) is 4.32. The minimum absolute atomic E-state index is 0.0621. The Hall–Kier alpha value is -2.40. The third-order valence-corrected chi connectivity index (χ3v) is 2.89. The summed E-state index contributed by atoms with van der Waals surface area (Å²) < 4.78 is 5.64. The fraction of sp³-hybridized carbons (Fsp3) is 0.200. The molecule has 0 amide bonds. The molecule has 0 heterocycles. The molecule has 0 saturated heterocycles. The predicted molar refractivity (Wildman–Crippen MR) is 74.5 cm³/mol. The van der Waals surface area contributed by atoms with Gasteiger partial charge in [-0.05, 0) is 18.6 Å². The molecule has 2 rings (SSSR count).